The van der Waals surface area contributed by atoms with Gasteiger partial charge in [-0.1, -0.05) is 29.8 Å². The average molecular weight is 361 g/mol. The topological polar surface area (TPSA) is 54.3 Å². The van der Waals surface area contributed by atoms with Crippen molar-refractivity contribution in [1.29, 1.82) is 0 Å². The van der Waals surface area contributed by atoms with E-state index in [1.807, 2.05) is 6.07 Å². The minimum Gasteiger partial charge on any atom is -0.392 e. The highest BCUT2D eigenvalue weighted by Crippen LogP contribution is 2.23. The molecule has 0 aliphatic heterocycles. The monoisotopic (exact) mass is 360 g/mol. The third-order valence-electron chi connectivity index (χ3n) is 4.34. The molecule has 2 aromatic carbocycles. The van der Waals surface area contributed by atoms with Crippen molar-refractivity contribution in [2.24, 2.45) is 7.05 Å². The van der Waals surface area contributed by atoms with Gasteiger partial charge in [0.2, 0.25) is 0 Å². The third-order valence-corrected chi connectivity index (χ3v) is 4.57. The highest BCUT2D eigenvalue weighted by molar-refractivity contribution is 6.31. The molecular formula is C19H18ClFN2O2. The Labute approximate surface area is 149 Å². The number of nitrogens with zero attached hydrogens (tertiary/aromatic N) is 1. The van der Waals surface area contributed by atoms with Gasteiger partial charge in [0.25, 0.3) is 5.91 Å². The Kier molecular flexibility index (Phi) is 4.79. The maximum atomic E-state index is 13.8. The van der Waals surface area contributed by atoms with E-state index in [4.69, 9.17) is 16.7 Å². The SMILES string of the molecule is C[C@@H](NC(=O)c1cc2ccc(Cl)cc2n1C)c1ccc(CO)c(F)c1. The molecule has 2 N–H and O–H groups in total. The van der Waals surface area contributed by atoms with E-state index in [0.29, 0.717) is 16.3 Å². The lowest BCUT2D eigenvalue weighted by molar-refractivity contribution is 0.0932. The zero-order chi connectivity index (χ0) is 18.1. The summed E-state index contributed by atoms with van der Waals surface area (Å²) in [6, 6.07) is 11.4. The Hall–Kier alpha value is -2.37. The van der Waals surface area contributed by atoms with Crippen molar-refractivity contribution in [2.75, 3.05) is 0 Å². The molecule has 0 aliphatic carbocycles. The van der Waals surface area contributed by atoms with Crippen LogP contribution in [-0.2, 0) is 13.7 Å². The van der Waals surface area contributed by atoms with Crippen LogP contribution in [-0.4, -0.2) is 15.6 Å². The summed E-state index contributed by atoms with van der Waals surface area (Å²) in [5.74, 6) is -0.741. The molecule has 1 amide bonds. The van der Waals surface area contributed by atoms with E-state index in [-0.39, 0.29) is 24.1 Å². The van der Waals surface area contributed by atoms with Crippen LogP contribution < -0.4 is 5.32 Å². The number of nitrogens with one attached hydrogen (secondary N) is 1. The zero-order valence-corrected chi connectivity index (χ0v) is 14.6. The van der Waals surface area contributed by atoms with E-state index in [1.165, 1.54) is 12.1 Å². The first-order valence-corrected chi connectivity index (χ1v) is 8.23. The van der Waals surface area contributed by atoms with Crippen LogP contribution in [0.25, 0.3) is 10.9 Å². The Morgan fingerprint density at radius 1 is 1.28 bits per heavy atom. The van der Waals surface area contributed by atoms with E-state index >= 15 is 0 Å². The van der Waals surface area contributed by atoms with Crippen molar-refractivity contribution >= 4 is 28.4 Å². The van der Waals surface area contributed by atoms with Crippen LogP contribution in [0, 0.1) is 5.82 Å². The van der Waals surface area contributed by atoms with Gasteiger partial charge >= 0.3 is 0 Å². The predicted octanol–water partition coefficient (Wildman–Crippen LogP) is 3.95. The fraction of sp³-hybridized carbons (Fsp3) is 0.211. The van der Waals surface area contributed by atoms with Crippen LogP contribution in [0.15, 0.2) is 42.5 Å². The lowest BCUT2D eigenvalue weighted by Gasteiger charge is -2.15. The first kappa shape index (κ1) is 17.5. The van der Waals surface area contributed by atoms with E-state index < -0.39 is 5.82 Å². The predicted molar refractivity (Wildman–Crippen MR) is 96.1 cm³/mol. The van der Waals surface area contributed by atoms with Crippen molar-refractivity contribution in [1.82, 2.24) is 9.88 Å². The Balaban J connectivity index is 1.84. The summed E-state index contributed by atoms with van der Waals surface area (Å²) in [4.78, 5) is 12.6. The van der Waals surface area contributed by atoms with Crippen molar-refractivity contribution in [2.45, 2.75) is 19.6 Å². The molecule has 1 heterocycles. The van der Waals surface area contributed by atoms with E-state index in [1.54, 1.807) is 42.8 Å². The van der Waals surface area contributed by atoms with Gasteiger partial charge in [-0.05, 0) is 36.8 Å². The molecule has 0 saturated heterocycles. The summed E-state index contributed by atoms with van der Waals surface area (Å²) < 4.78 is 15.6. The zero-order valence-electron chi connectivity index (χ0n) is 13.9. The number of benzene rings is 2. The number of hydrogen-bond donors (Lipinski definition) is 2. The molecule has 0 fully saturated rings. The van der Waals surface area contributed by atoms with E-state index in [9.17, 15) is 9.18 Å². The second kappa shape index (κ2) is 6.86. The number of hydrogen-bond acceptors (Lipinski definition) is 2. The second-order valence-electron chi connectivity index (χ2n) is 6.00. The number of aliphatic hydroxyl groups is 1. The Morgan fingerprint density at radius 3 is 2.72 bits per heavy atom. The third kappa shape index (κ3) is 3.38. The molecule has 0 unspecified atom stereocenters. The van der Waals surface area contributed by atoms with Crippen molar-refractivity contribution < 1.29 is 14.3 Å². The van der Waals surface area contributed by atoms with Gasteiger partial charge in [0, 0.05) is 28.5 Å². The van der Waals surface area contributed by atoms with Gasteiger partial charge < -0.3 is 15.0 Å². The molecule has 0 spiro atoms. The summed E-state index contributed by atoms with van der Waals surface area (Å²) in [5.41, 5.74) is 2.22. The first-order valence-electron chi connectivity index (χ1n) is 7.85. The van der Waals surface area contributed by atoms with Crippen LogP contribution in [0.5, 0.6) is 0 Å². The minimum absolute atomic E-state index is 0.229. The summed E-state index contributed by atoms with van der Waals surface area (Å²) in [5, 5.41) is 13.4. The lowest BCUT2D eigenvalue weighted by Crippen LogP contribution is -2.28. The smallest absolute Gasteiger partial charge is 0.268 e. The van der Waals surface area contributed by atoms with Gasteiger partial charge in [0.1, 0.15) is 11.5 Å². The minimum atomic E-state index is -0.486. The van der Waals surface area contributed by atoms with Crippen molar-refractivity contribution in [3.63, 3.8) is 0 Å². The molecule has 1 atom stereocenters. The molecule has 130 valence electrons. The van der Waals surface area contributed by atoms with Crippen LogP contribution in [0.2, 0.25) is 5.02 Å². The molecule has 6 heteroatoms. The number of carbonyl (C=O) groups is 1. The highest BCUT2D eigenvalue weighted by atomic mass is 35.5. The number of aryl methyl sites for hydroxylation is 1. The summed E-state index contributed by atoms with van der Waals surface area (Å²) in [6.45, 7) is 1.43. The fourth-order valence-electron chi connectivity index (χ4n) is 2.84. The molecule has 0 saturated carbocycles. The Morgan fingerprint density at radius 2 is 2.04 bits per heavy atom. The number of aliphatic hydroxyl groups excluding tert-OH is 1. The van der Waals surface area contributed by atoms with E-state index in [2.05, 4.69) is 5.32 Å². The van der Waals surface area contributed by atoms with Crippen LogP contribution >= 0.6 is 11.6 Å². The number of aromatic nitrogens is 1. The first-order chi connectivity index (χ1) is 11.9. The van der Waals surface area contributed by atoms with Gasteiger partial charge in [0.05, 0.1) is 12.6 Å². The number of fused-ring (bicyclic) bond motifs is 1. The lowest BCUT2D eigenvalue weighted by atomic mass is 10.1. The summed E-state index contributed by atoms with van der Waals surface area (Å²) in [7, 11) is 1.80. The number of halogens is 2. The van der Waals surface area contributed by atoms with Gasteiger partial charge in [-0.3, -0.25) is 4.79 Å². The quantitative estimate of drug-likeness (QED) is 0.740. The molecule has 0 bridgehead atoms. The molecule has 0 radical (unpaired) electrons. The molecule has 1 aromatic heterocycles. The normalized spacial score (nSPS) is 12.4. The highest BCUT2D eigenvalue weighted by Gasteiger charge is 2.17. The van der Waals surface area contributed by atoms with E-state index in [0.717, 1.165) is 10.9 Å². The summed E-state index contributed by atoms with van der Waals surface area (Å²) in [6.07, 6.45) is 0. The largest absolute Gasteiger partial charge is 0.392 e. The molecule has 3 aromatic rings. The van der Waals surface area contributed by atoms with Gasteiger partial charge in [-0.2, -0.15) is 0 Å². The molecule has 25 heavy (non-hydrogen) atoms. The number of amides is 1. The number of rotatable bonds is 4. The van der Waals surface area contributed by atoms with Crippen LogP contribution in [0.3, 0.4) is 0 Å². The van der Waals surface area contributed by atoms with Gasteiger partial charge in [0.15, 0.2) is 0 Å². The molecule has 3 rings (SSSR count). The molecule has 4 nitrogen and oxygen atoms in total. The van der Waals surface area contributed by atoms with Crippen LogP contribution in [0.4, 0.5) is 4.39 Å². The average Bonchev–Trinajstić information content (AvgIpc) is 2.91. The second-order valence-corrected chi connectivity index (χ2v) is 6.43. The standard InChI is InChI=1S/C19H18ClFN2O2/c1-11(12-3-4-14(10-24)16(21)7-12)22-19(25)18-8-13-5-6-15(20)9-17(13)23(18)2/h3-9,11,24H,10H2,1-2H3,(H,22,25)/t11-/m1/s1. The van der Waals surface area contributed by atoms with Gasteiger partial charge in [-0.25, -0.2) is 4.39 Å². The fourth-order valence-corrected chi connectivity index (χ4v) is 3.00. The number of carbonyl (C=O) groups excluding carboxylic acids is 1. The maximum absolute atomic E-state index is 13.8. The maximum Gasteiger partial charge on any atom is 0.268 e. The Bertz CT molecular complexity index is 952. The summed E-state index contributed by atoms with van der Waals surface area (Å²) >= 11 is 6.02. The van der Waals surface area contributed by atoms with Crippen molar-refractivity contribution in [3.05, 3.63) is 70.1 Å². The molecular weight excluding hydrogens is 343 g/mol. The van der Waals surface area contributed by atoms with Crippen molar-refractivity contribution in [3.8, 4) is 0 Å². The van der Waals surface area contributed by atoms with Gasteiger partial charge in [-0.15, -0.1) is 0 Å². The van der Waals surface area contributed by atoms with Crippen LogP contribution in [0.1, 0.15) is 34.6 Å². The molecule has 0 aliphatic rings.